The van der Waals surface area contributed by atoms with Crippen LogP contribution in [-0.4, -0.2) is 24.3 Å². The van der Waals surface area contributed by atoms with Crippen molar-refractivity contribution >= 4 is 40.5 Å². The second-order valence-corrected chi connectivity index (χ2v) is 6.61. The molecule has 7 heteroatoms. The number of hydrogen-bond acceptors (Lipinski definition) is 4. The van der Waals surface area contributed by atoms with Crippen LogP contribution in [0.2, 0.25) is 0 Å². The van der Waals surface area contributed by atoms with Crippen LogP contribution in [0.3, 0.4) is 0 Å². The number of anilines is 4. The van der Waals surface area contributed by atoms with Gasteiger partial charge in [0.05, 0.1) is 6.54 Å². The molecule has 3 amide bonds. The molecule has 0 saturated carbocycles. The Morgan fingerprint density at radius 3 is 1.96 bits per heavy atom. The molecule has 0 unspecified atom stereocenters. The third-order valence-electron chi connectivity index (χ3n) is 3.88. The first-order valence-electron chi connectivity index (χ1n) is 9.22. The fourth-order valence-corrected chi connectivity index (χ4v) is 2.27. The zero-order chi connectivity index (χ0) is 20.5. The van der Waals surface area contributed by atoms with Crippen LogP contribution in [0.4, 0.5) is 22.7 Å². The number of benzene rings is 2. The Hall–Kier alpha value is -3.35. The molecule has 148 valence electrons. The first-order chi connectivity index (χ1) is 13.4. The second-order valence-electron chi connectivity index (χ2n) is 6.61. The van der Waals surface area contributed by atoms with Crippen LogP contribution >= 0.6 is 0 Å². The normalized spacial score (nSPS) is 10.3. The molecule has 0 radical (unpaired) electrons. The standard InChI is InChI=1S/C21H26N4O3/c1-4-19(26)24-18-7-5-6-17(12-18)22-13-20(27)23-15-8-10-16(11-9-15)25-21(28)14(2)3/h5-12,14,22H,4,13H2,1-3H3,(H,23,27)(H,24,26)(H,25,28). The third kappa shape index (κ3) is 6.75. The van der Waals surface area contributed by atoms with E-state index in [4.69, 9.17) is 0 Å². The Bertz CT molecular complexity index is 832. The monoisotopic (exact) mass is 382 g/mol. The van der Waals surface area contributed by atoms with Crippen LogP contribution in [0.5, 0.6) is 0 Å². The van der Waals surface area contributed by atoms with Gasteiger partial charge in [-0.15, -0.1) is 0 Å². The lowest BCUT2D eigenvalue weighted by Gasteiger charge is -2.11. The number of hydrogen-bond donors (Lipinski definition) is 4. The molecule has 0 bridgehead atoms. The molecule has 7 nitrogen and oxygen atoms in total. The maximum Gasteiger partial charge on any atom is 0.243 e. The van der Waals surface area contributed by atoms with Crippen molar-refractivity contribution in [2.45, 2.75) is 27.2 Å². The van der Waals surface area contributed by atoms with E-state index < -0.39 is 0 Å². The molecule has 0 heterocycles. The highest BCUT2D eigenvalue weighted by Gasteiger charge is 2.08. The van der Waals surface area contributed by atoms with Crippen molar-refractivity contribution in [1.29, 1.82) is 0 Å². The molecule has 0 aliphatic carbocycles. The summed E-state index contributed by atoms with van der Waals surface area (Å²) in [5.41, 5.74) is 2.73. The van der Waals surface area contributed by atoms with Gasteiger partial charge >= 0.3 is 0 Å². The molecule has 0 spiro atoms. The van der Waals surface area contributed by atoms with Gasteiger partial charge in [0.15, 0.2) is 0 Å². The van der Waals surface area contributed by atoms with Gasteiger partial charge in [0.1, 0.15) is 0 Å². The van der Waals surface area contributed by atoms with Crippen molar-refractivity contribution in [3.63, 3.8) is 0 Å². The van der Waals surface area contributed by atoms with Crippen LogP contribution in [-0.2, 0) is 14.4 Å². The lowest BCUT2D eigenvalue weighted by Crippen LogP contribution is -2.22. The second kappa shape index (κ2) is 10.1. The Morgan fingerprint density at radius 2 is 1.36 bits per heavy atom. The van der Waals surface area contributed by atoms with E-state index in [1.807, 2.05) is 19.9 Å². The number of amides is 3. The minimum absolute atomic E-state index is 0.0571. The topological polar surface area (TPSA) is 99.3 Å². The first kappa shape index (κ1) is 21.0. The van der Waals surface area contributed by atoms with Gasteiger partial charge in [-0.25, -0.2) is 0 Å². The maximum atomic E-state index is 12.1. The summed E-state index contributed by atoms with van der Waals surface area (Å²) in [6.07, 6.45) is 0.403. The molecule has 0 aliphatic rings. The minimum Gasteiger partial charge on any atom is -0.376 e. The van der Waals surface area contributed by atoms with Crippen molar-refractivity contribution in [2.75, 3.05) is 27.8 Å². The average Bonchev–Trinajstić information content (AvgIpc) is 2.68. The zero-order valence-corrected chi connectivity index (χ0v) is 16.3. The SMILES string of the molecule is CCC(=O)Nc1cccc(NCC(=O)Nc2ccc(NC(=O)C(C)C)cc2)c1. The van der Waals surface area contributed by atoms with Gasteiger partial charge in [0.25, 0.3) is 0 Å². The lowest BCUT2D eigenvalue weighted by molar-refractivity contribution is -0.119. The Kier molecular flexibility index (Phi) is 7.56. The van der Waals surface area contributed by atoms with E-state index in [2.05, 4.69) is 21.3 Å². The molecule has 0 aliphatic heterocycles. The van der Waals surface area contributed by atoms with Gasteiger partial charge in [-0.2, -0.15) is 0 Å². The molecule has 0 aromatic heterocycles. The summed E-state index contributed by atoms with van der Waals surface area (Å²) in [5.74, 6) is -0.428. The summed E-state index contributed by atoms with van der Waals surface area (Å²) in [6, 6.07) is 14.1. The smallest absolute Gasteiger partial charge is 0.243 e. The number of carbonyl (C=O) groups excluding carboxylic acids is 3. The molecule has 0 fully saturated rings. The van der Waals surface area contributed by atoms with E-state index in [-0.39, 0.29) is 30.2 Å². The van der Waals surface area contributed by atoms with Gasteiger partial charge in [0.2, 0.25) is 17.7 Å². The van der Waals surface area contributed by atoms with Crippen LogP contribution in [0.15, 0.2) is 48.5 Å². The van der Waals surface area contributed by atoms with Crippen LogP contribution in [0.1, 0.15) is 27.2 Å². The molecule has 2 aromatic carbocycles. The summed E-state index contributed by atoms with van der Waals surface area (Å²) in [4.78, 5) is 35.3. The molecule has 0 saturated heterocycles. The van der Waals surface area contributed by atoms with E-state index in [1.165, 1.54) is 0 Å². The van der Waals surface area contributed by atoms with E-state index in [1.54, 1.807) is 49.4 Å². The summed E-state index contributed by atoms with van der Waals surface area (Å²) < 4.78 is 0. The van der Waals surface area contributed by atoms with Crippen molar-refractivity contribution in [3.8, 4) is 0 Å². The maximum absolute atomic E-state index is 12.1. The molecule has 2 rings (SSSR count). The van der Waals surface area contributed by atoms with E-state index in [0.29, 0.717) is 23.5 Å². The summed E-state index contributed by atoms with van der Waals surface area (Å²) in [6.45, 7) is 5.51. The lowest BCUT2D eigenvalue weighted by atomic mass is 10.2. The Balaban J connectivity index is 1.85. The minimum atomic E-state index is -0.207. The van der Waals surface area contributed by atoms with Gasteiger partial charge < -0.3 is 21.3 Å². The molecule has 28 heavy (non-hydrogen) atoms. The predicted octanol–water partition coefficient (Wildman–Crippen LogP) is 3.68. The summed E-state index contributed by atoms with van der Waals surface area (Å²) >= 11 is 0. The van der Waals surface area contributed by atoms with Crippen LogP contribution in [0, 0.1) is 5.92 Å². The van der Waals surface area contributed by atoms with Crippen molar-refractivity contribution in [1.82, 2.24) is 0 Å². The molecular formula is C21H26N4O3. The van der Waals surface area contributed by atoms with Crippen molar-refractivity contribution in [2.24, 2.45) is 5.92 Å². The predicted molar refractivity (Wildman–Crippen MR) is 112 cm³/mol. The summed E-state index contributed by atoms with van der Waals surface area (Å²) in [5, 5.41) is 11.4. The number of nitrogens with one attached hydrogen (secondary N) is 4. The van der Waals surface area contributed by atoms with E-state index >= 15 is 0 Å². The Labute approximate surface area is 164 Å². The molecular weight excluding hydrogens is 356 g/mol. The highest BCUT2D eigenvalue weighted by atomic mass is 16.2. The van der Waals surface area contributed by atoms with E-state index in [0.717, 1.165) is 5.69 Å². The summed E-state index contributed by atoms with van der Waals surface area (Å²) in [7, 11) is 0. The zero-order valence-electron chi connectivity index (χ0n) is 16.3. The molecule has 2 aromatic rings. The highest BCUT2D eigenvalue weighted by Crippen LogP contribution is 2.16. The average molecular weight is 382 g/mol. The van der Waals surface area contributed by atoms with Gasteiger partial charge in [-0.3, -0.25) is 14.4 Å². The quantitative estimate of drug-likeness (QED) is 0.560. The van der Waals surface area contributed by atoms with Gasteiger partial charge in [0, 0.05) is 35.1 Å². The fraction of sp³-hybridized carbons (Fsp3) is 0.286. The first-order valence-corrected chi connectivity index (χ1v) is 9.22. The highest BCUT2D eigenvalue weighted by molar-refractivity contribution is 5.95. The van der Waals surface area contributed by atoms with Gasteiger partial charge in [-0.05, 0) is 42.5 Å². The Morgan fingerprint density at radius 1 is 0.786 bits per heavy atom. The number of rotatable bonds is 8. The molecule has 4 N–H and O–H groups in total. The largest absolute Gasteiger partial charge is 0.376 e. The van der Waals surface area contributed by atoms with Crippen LogP contribution in [0.25, 0.3) is 0 Å². The third-order valence-corrected chi connectivity index (χ3v) is 3.88. The number of carbonyl (C=O) groups is 3. The van der Waals surface area contributed by atoms with Gasteiger partial charge in [-0.1, -0.05) is 26.8 Å². The fourth-order valence-electron chi connectivity index (χ4n) is 2.27. The van der Waals surface area contributed by atoms with E-state index in [9.17, 15) is 14.4 Å². The van der Waals surface area contributed by atoms with Crippen molar-refractivity contribution < 1.29 is 14.4 Å². The van der Waals surface area contributed by atoms with Crippen molar-refractivity contribution in [3.05, 3.63) is 48.5 Å². The van der Waals surface area contributed by atoms with Crippen LogP contribution < -0.4 is 21.3 Å². The molecule has 0 atom stereocenters.